The molecule has 4 N–H and O–H groups in total. The second-order valence-corrected chi connectivity index (χ2v) is 4.49. The summed E-state index contributed by atoms with van der Waals surface area (Å²) in [5.41, 5.74) is 2.22. The molecule has 0 radical (unpaired) electrons. The van der Waals surface area contributed by atoms with E-state index in [9.17, 15) is 9.59 Å². The lowest BCUT2D eigenvalue weighted by molar-refractivity contribution is -0.143. The molecule has 0 bridgehead atoms. The van der Waals surface area contributed by atoms with Crippen LogP contribution >= 0.6 is 0 Å². The highest BCUT2D eigenvalue weighted by Gasteiger charge is 2.27. The Morgan fingerprint density at radius 2 is 2.05 bits per heavy atom. The van der Waals surface area contributed by atoms with Crippen LogP contribution in [-0.2, 0) is 22.6 Å². The van der Waals surface area contributed by atoms with Crippen LogP contribution in [0.1, 0.15) is 11.1 Å². The number of carboxylic acid groups (broad SMARTS) is 1. The Kier molecular flexibility index (Phi) is 4.13. The lowest BCUT2D eigenvalue weighted by Gasteiger charge is -2.26. The summed E-state index contributed by atoms with van der Waals surface area (Å²) < 4.78 is 0. The van der Waals surface area contributed by atoms with E-state index in [4.69, 9.17) is 10.2 Å². The van der Waals surface area contributed by atoms with E-state index in [0.29, 0.717) is 13.0 Å². The third-order valence-electron chi connectivity index (χ3n) is 3.19. The number of carboxylic acids is 1. The minimum absolute atomic E-state index is 0.407. The molecule has 2 atom stereocenters. The van der Waals surface area contributed by atoms with Crippen molar-refractivity contribution >= 4 is 11.9 Å². The van der Waals surface area contributed by atoms with Crippen LogP contribution in [0.2, 0.25) is 0 Å². The van der Waals surface area contributed by atoms with Gasteiger partial charge >= 0.3 is 5.97 Å². The van der Waals surface area contributed by atoms with E-state index in [2.05, 4.69) is 10.6 Å². The molecule has 0 fully saturated rings. The van der Waals surface area contributed by atoms with Crippen molar-refractivity contribution in [2.45, 2.75) is 25.0 Å². The Morgan fingerprint density at radius 3 is 2.68 bits per heavy atom. The molecule has 1 aliphatic heterocycles. The van der Waals surface area contributed by atoms with E-state index in [0.717, 1.165) is 11.1 Å². The molecule has 0 spiro atoms. The molecule has 6 nitrogen and oxygen atoms in total. The summed E-state index contributed by atoms with van der Waals surface area (Å²) in [4.78, 5) is 22.7. The van der Waals surface area contributed by atoms with Crippen LogP contribution < -0.4 is 10.6 Å². The number of carbonyl (C=O) groups is 2. The lowest BCUT2D eigenvalue weighted by Crippen LogP contribution is -2.53. The van der Waals surface area contributed by atoms with Gasteiger partial charge in [-0.15, -0.1) is 0 Å². The number of fused-ring (bicyclic) bond motifs is 1. The standard InChI is InChI=1S/C13H16N2O4/c16-7-11(13(18)19)15-12(17)10-5-8-3-1-2-4-9(8)6-14-10/h1-4,10-11,14,16H,5-7H2,(H,15,17)(H,18,19)/t10-,11?/m1/s1. The van der Waals surface area contributed by atoms with Crippen molar-refractivity contribution in [2.24, 2.45) is 0 Å². The van der Waals surface area contributed by atoms with E-state index in [1.807, 2.05) is 24.3 Å². The van der Waals surface area contributed by atoms with E-state index < -0.39 is 30.6 Å². The number of carbonyl (C=O) groups excluding carboxylic acids is 1. The highest BCUT2D eigenvalue weighted by Crippen LogP contribution is 2.16. The van der Waals surface area contributed by atoms with Gasteiger partial charge in [-0.2, -0.15) is 0 Å². The smallest absolute Gasteiger partial charge is 0.328 e. The first-order valence-electron chi connectivity index (χ1n) is 6.06. The largest absolute Gasteiger partial charge is 0.480 e. The summed E-state index contributed by atoms with van der Waals surface area (Å²) in [6.45, 7) is -0.0461. The maximum absolute atomic E-state index is 11.9. The number of nitrogens with one attached hydrogen (secondary N) is 2. The maximum Gasteiger partial charge on any atom is 0.328 e. The monoisotopic (exact) mass is 264 g/mol. The van der Waals surface area contributed by atoms with Gasteiger partial charge in [0.2, 0.25) is 5.91 Å². The number of benzene rings is 1. The van der Waals surface area contributed by atoms with Crippen molar-refractivity contribution in [3.63, 3.8) is 0 Å². The zero-order valence-corrected chi connectivity index (χ0v) is 10.3. The zero-order valence-electron chi connectivity index (χ0n) is 10.3. The first kappa shape index (κ1) is 13.5. The van der Waals surface area contributed by atoms with Crippen molar-refractivity contribution in [3.05, 3.63) is 35.4 Å². The molecular weight excluding hydrogens is 248 g/mol. The van der Waals surface area contributed by atoms with Gasteiger partial charge in [-0.25, -0.2) is 4.79 Å². The summed E-state index contributed by atoms with van der Waals surface area (Å²) in [5.74, 6) is -1.65. The number of aliphatic carboxylic acids is 1. The number of aliphatic hydroxyl groups excluding tert-OH is 1. The van der Waals surface area contributed by atoms with Crippen LogP contribution in [0.5, 0.6) is 0 Å². The maximum atomic E-state index is 11.9. The molecule has 1 heterocycles. The summed E-state index contributed by atoms with van der Waals surface area (Å²) in [5, 5.41) is 23.0. The van der Waals surface area contributed by atoms with Crippen LogP contribution in [0.15, 0.2) is 24.3 Å². The topological polar surface area (TPSA) is 98.7 Å². The molecule has 0 aromatic heterocycles. The number of hydrogen-bond donors (Lipinski definition) is 4. The second-order valence-electron chi connectivity index (χ2n) is 4.49. The Bertz CT molecular complexity index is 489. The average Bonchev–Trinajstić information content (AvgIpc) is 2.43. The Morgan fingerprint density at radius 1 is 1.37 bits per heavy atom. The fraction of sp³-hybridized carbons (Fsp3) is 0.385. The molecule has 19 heavy (non-hydrogen) atoms. The highest BCUT2D eigenvalue weighted by atomic mass is 16.4. The van der Waals surface area contributed by atoms with Gasteiger partial charge < -0.3 is 20.8 Å². The molecule has 1 aliphatic rings. The van der Waals surface area contributed by atoms with Crippen molar-refractivity contribution in [1.29, 1.82) is 0 Å². The molecule has 102 valence electrons. The number of aliphatic hydroxyl groups is 1. The zero-order chi connectivity index (χ0) is 13.8. The molecule has 0 saturated heterocycles. The van der Waals surface area contributed by atoms with Crippen molar-refractivity contribution < 1.29 is 19.8 Å². The molecule has 0 aliphatic carbocycles. The fourth-order valence-corrected chi connectivity index (χ4v) is 2.10. The number of hydrogen-bond acceptors (Lipinski definition) is 4. The first-order chi connectivity index (χ1) is 9.11. The Balaban J connectivity index is 2.01. The predicted octanol–water partition coefficient (Wildman–Crippen LogP) is -0.737. The van der Waals surface area contributed by atoms with Gasteiger partial charge in [-0.05, 0) is 17.5 Å². The van der Waals surface area contributed by atoms with Crippen LogP contribution in [0.25, 0.3) is 0 Å². The Labute approximate surface area is 110 Å². The number of amides is 1. The molecule has 1 unspecified atom stereocenters. The van der Waals surface area contributed by atoms with Gasteiger partial charge in [0.1, 0.15) is 6.04 Å². The van der Waals surface area contributed by atoms with Gasteiger partial charge in [0, 0.05) is 6.54 Å². The van der Waals surface area contributed by atoms with E-state index in [1.165, 1.54) is 0 Å². The summed E-state index contributed by atoms with van der Waals surface area (Å²) in [7, 11) is 0. The predicted molar refractivity (Wildman–Crippen MR) is 67.4 cm³/mol. The van der Waals surface area contributed by atoms with Gasteiger partial charge in [0.15, 0.2) is 0 Å². The normalized spacial score (nSPS) is 19.3. The van der Waals surface area contributed by atoms with Crippen LogP contribution in [-0.4, -0.2) is 40.8 Å². The van der Waals surface area contributed by atoms with Gasteiger partial charge in [-0.3, -0.25) is 4.79 Å². The summed E-state index contributed by atoms with van der Waals surface area (Å²) in [6.07, 6.45) is 0.514. The highest BCUT2D eigenvalue weighted by molar-refractivity contribution is 5.87. The van der Waals surface area contributed by atoms with Crippen LogP contribution in [0, 0.1) is 0 Å². The quantitative estimate of drug-likeness (QED) is 0.574. The van der Waals surface area contributed by atoms with E-state index in [-0.39, 0.29) is 0 Å². The summed E-state index contributed by atoms with van der Waals surface area (Å²) >= 11 is 0. The van der Waals surface area contributed by atoms with Gasteiger partial charge in [0.25, 0.3) is 0 Å². The van der Waals surface area contributed by atoms with Crippen molar-refractivity contribution in [3.8, 4) is 0 Å². The third-order valence-corrected chi connectivity index (χ3v) is 3.19. The van der Waals surface area contributed by atoms with E-state index in [1.54, 1.807) is 0 Å². The minimum atomic E-state index is -1.26. The first-order valence-corrected chi connectivity index (χ1v) is 6.06. The molecule has 1 amide bonds. The summed E-state index contributed by atoms with van der Waals surface area (Å²) in [6, 6.07) is 6.07. The molecule has 6 heteroatoms. The Hall–Kier alpha value is -1.92. The SMILES string of the molecule is O=C(O)C(CO)NC(=O)[C@H]1Cc2ccccc2CN1. The fourth-order valence-electron chi connectivity index (χ4n) is 2.10. The average molecular weight is 264 g/mol. The van der Waals surface area contributed by atoms with Gasteiger partial charge in [0.05, 0.1) is 12.6 Å². The second kappa shape index (κ2) is 5.81. The van der Waals surface area contributed by atoms with E-state index >= 15 is 0 Å². The molecule has 2 rings (SSSR count). The number of rotatable bonds is 4. The molecule has 0 saturated carbocycles. The van der Waals surface area contributed by atoms with Crippen LogP contribution in [0.3, 0.4) is 0 Å². The van der Waals surface area contributed by atoms with Crippen molar-refractivity contribution in [1.82, 2.24) is 10.6 Å². The molecule has 1 aromatic rings. The molecular formula is C13H16N2O4. The lowest BCUT2D eigenvalue weighted by atomic mass is 9.95. The van der Waals surface area contributed by atoms with Crippen molar-refractivity contribution in [2.75, 3.05) is 6.61 Å². The molecule has 1 aromatic carbocycles. The third kappa shape index (κ3) is 3.10. The van der Waals surface area contributed by atoms with Gasteiger partial charge in [-0.1, -0.05) is 24.3 Å². The van der Waals surface area contributed by atoms with Crippen LogP contribution in [0.4, 0.5) is 0 Å². The minimum Gasteiger partial charge on any atom is -0.480 e.